The number of nitrogens with zero attached hydrogens (tertiary/aromatic N) is 3. The van der Waals surface area contributed by atoms with Crippen molar-refractivity contribution in [2.24, 2.45) is 4.99 Å². The first kappa shape index (κ1) is 21.6. The molecular formula is C20H32F2N4O. The van der Waals surface area contributed by atoms with E-state index in [1.807, 2.05) is 27.9 Å². The van der Waals surface area contributed by atoms with E-state index in [1.165, 1.54) is 18.2 Å². The van der Waals surface area contributed by atoms with Gasteiger partial charge in [0.2, 0.25) is 0 Å². The maximum atomic E-state index is 14.2. The topological polar surface area (TPSA) is 40.1 Å². The van der Waals surface area contributed by atoms with Gasteiger partial charge in [-0.3, -0.25) is 4.99 Å². The van der Waals surface area contributed by atoms with Crippen LogP contribution in [0.15, 0.2) is 23.2 Å². The van der Waals surface area contributed by atoms with Crippen LogP contribution in [0.5, 0.6) is 0 Å². The highest BCUT2D eigenvalue weighted by Crippen LogP contribution is 2.25. The van der Waals surface area contributed by atoms with Crippen LogP contribution in [0, 0.1) is 11.6 Å². The molecule has 1 aliphatic heterocycles. The molecule has 1 N–H and O–H groups in total. The number of nitrogens with one attached hydrogen (secondary N) is 1. The molecule has 152 valence electrons. The van der Waals surface area contributed by atoms with Gasteiger partial charge in [0.15, 0.2) is 5.96 Å². The van der Waals surface area contributed by atoms with Crippen molar-refractivity contribution in [1.82, 2.24) is 15.1 Å². The molecule has 7 heteroatoms. The lowest BCUT2D eigenvalue weighted by Crippen LogP contribution is -2.47. The molecule has 0 spiro atoms. The minimum absolute atomic E-state index is 0.0668. The molecule has 0 aromatic heterocycles. The highest BCUT2D eigenvalue weighted by atomic mass is 19.1. The number of hydrogen-bond donors (Lipinski definition) is 1. The molecule has 1 atom stereocenters. The minimum Gasteiger partial charge on any atom is -0.378 e. The van der Waals surface area contributed by atoms with Gasteiger partial charge in [0, 0.05) is 31.8 Å². The minimum atomic E-state index is -0.536. The Labute approximate surface area is 161 Å². The van der Waals surface area contributed by atoms with Gasteiger partial charge in [0.1, 0.15) is 11.6 Å². The van der Waals surface area contributed by atoms with Gasteiger partial charge in [0.25, 0.3) is 0 Å². The Kier molecular flexibility index (Phi) is 8.44. The summed E-state index contributed by atoms with van der Waals surface area (Å²) in [4.78, 5) is 8.70. The van der Waals surface area contributed by atoms with Gasteiger partial charge in [-0.05, 0) is 52.9 Å². The first-order valence-electron chi connectivity index (χ1n) is 9.73. The highest BCUT2D eigenvalue weighted by Gasteiger charge is 2.24. The molecule has 1 aromatic carbocycles. The Bertz CT molecular complexity index is 596. The first-order valence-corrected chi connectivity index (χ1v) is 9.73. The third kappa shape index (κ3) is 5.87. The summed E-state index contributed by atoms with van der Waals surface area (Å²) in [5.41, 5.74) is 0.0668. The second-order valence-electron chi connectivity index (χ2n) is 6.95. The molecule has 1 aliphatic rings. The molecular weight excluding hydrogens is 350 g/mol. The Balaban J connectivity index is 2.14. The third-order valence-corrected chi connectivity index (χ3v) is 4.85. The number of hydrogen-bond acceptors (Lipinski definition) is 3. The van der Waals surface area contributed by atoms with Crippen molar-refractivity contribution in [3.05, 3.63) is 35.4 Å². The number of likely N-dealkylation sites (N-methyl/N-ethyl adjacent to an activating group) is 1. The van der Waals surface area contributed by atoms with Crippen LogP contribution in [-0.2, 0) is 4.74 Å². The molecule has 2 rings (SSSR count). The molecule has 1 unspecified atom stereocenters. The van der Waals surface area contributed by atoms with Gasteiger partial charge < -0.3 is 19.9 Å². The lowest BCUT2D eigenvalue weighted by atomic mass is 10.0. The van der Waals surface area contributed by atoms with Crippen LogP contribution in [0.1, 0.15) is 38.3 Å². The standard InChI is InChI=1S/C20H32F2N4O/c1-5-23-20(26-12-10-15(11-13-26)27-6-2)24-14-18(25(3)4)19-16(21)8-7-9-17(19)22/h7-9,15,18H,5-6,10-14H2,1-4H3,(H,23,24). The number of benzene rings is 1. The Morgan fingerprint density at radius 2 is 1.89 bits per heavy atom. The Morgan fingerprint density at radius 3 is 2.41 bits per heavy atom. The van der Waals surface area contributed by atoms with Gasteiger partial charge in [-0.15, -0.1) is 0 Å². The molecule has 0 amide bonds. The summed E-state index contributed by atoms with van der Waals surface area (Å²) in [7, 11) is 3.62. The molecule has 0 saturated carbocycles. The largest absolute Gasteiger partial charge is 0.378 e. The monoisotopic (exact) mass is 382 g/mol. The van der Waals surface area contributed by atoms with Crippen molar-refractivity contribution in [3.8, 4) is 0 Å². The number of halogens is 2. The van der Waals surface area contributed by atoms with Gasteiger partial charge in [0.05, 0.1) is 18.7 Å². The number of aliphatic imine (C=N–C) groups is 1. The van der Waals surface area contributed by atoms with Crippen molar-refractivity contribution in [1.29, 1.82) is 0 Å². The van der Waals surface area contributed by atoms with E-state index in [0.29, 0.717) is 6.10 Å². The van der Waals surface area contributed by atoms with E-state index in [0.717, 1.165) is 45.0 Å². The number of rotatable bonds is 7. The molecule has 0 aliphatic carbocycles. The normalized spacial score (nSPS) is 17.4. The number of likely N-dealkylation sites (tertiary alicyclic amines) is 1. The van der Waals surface area contributed by atoms with Crippen LogP contribution in [0.3, 0.4) is 0 Å². The number of ether oxygens (including phenoxy) is 1. The zero-order chi connectivity index (χ0) is 19.8. The molecule has 0 radical (unpaired) electrons. The average molecular weight is 382 g/mol. The Morgan fingerprint density at radius 1 is 1.26 bits per heavy atom. The molecule has 1 heterocycles. The van der Waals surface area contributed by atoms with Gasteiger partial charge in [-0.1, -0.05) is 6.07 Å². The average Bonchev–Trinajstić information content (AvgIpc) is 2.64. The number of guanidine groups is 1. The summed E-state index contributed by atoms with van der Waals surface area (Å²) in [5, 5.41) is 3.30. The van der Waals surface area contributed by atoms with Crippen LogP contribution in [0.25, 0.3) is 0 Å². The summed E-state index contributed by atoms with van der Waals surface area (Å²) in [6.45, 7) is 7.50. The van der Waals surface area contributed by atoms with Crippen molar-refractivity contribution >= 4 is 5.96 Å². The first-order chi connectivity index (χ1) is 13.0. The van der Waals surface area contributed by atoms with Crippen LogP contribution in [0.4, 0.5) is 8.78 Å². The van der Waals surface area contributed by atoms with Crippen molar-refractivity contribution < 1.29 is 13.5 Å². The van der Waals surface area contributed by atoms with Gasteiger partial charge in [-0.2, -0.15) is 0 Å². The highest BCUT2D eigenvalue weighted by molar-refractivity contribution is 5.80. The van der Waals surface area contributed by atoms with Gasteiger partial charge in [-0.25, -0.2) is 8.78 Å². The fourth-order valence-corrected chi connectivity index (χ4v) is 3.41. The van der Waals surface area contributed by atoms with E-state index in [-0.39, 0.29) is 12.1 Å². The molecule has 5 nitrogen and oxygen atoms in total. The second kappa shape index (κ2) is 10.6. The fourth-order valence-electron chi connectivity index (χ4n) is 3.41. The summed E-state index contributed by atoms with van der Waals surface area (Å²) in [6.07, 6.45) is 2.21. The summed E-state index contributed by atoms with van der Waals surface area (Å²) < 4.78 is 34.2. The van der Waals surface area contributed by atoms with E-state index >= 15 is 0 Å². The summed E-state index contributed by atoms with van der Waals surface area (Å²) in [5.74, 6) is -0.283. The third-order valence-electron chi connectivity index (χ3n) is 4.85. The molecule has 1 fully saturated rings. The van der Waals surface area contributed by atoms with Crippen molar-refractivity contribution in [2.45, 2.75) is 38.8 Å². The SMILES string of the molecule is CCNC(=NCC(c1c(F)cccc1F)N(C)C)N1CCC(OCC)CC1. The van der Waals surface area contributed by atoms with Crippen LogP contribution in [0.2, 0.25) is 0 Å². The molecule has 1 aromatic rings. The van der Waals surface area contributed by atoms with E-state index in [4.69, 9.17) is 9.73 Å². The molecule has 1 saturated heterocycles. The van der Waals surface area contributed by atoms with Crippen molar-refractivity contribution in [2.75, 3.05) is 46.9 Å². The van der Waals surface area contributed by atoms with Crippen LogP contribution >= 0.6 is 0 Å². The quantitative estimate of drug-likeness (QED) is 0.581. The van der Waals surface area contributed by atoms with Crippen LogP contribution in [-0.4, -0.2) is 68.7 Å². The lowest BCUT2D eigenvalue weighted by molar-refractivity contribution is 0.0263. The molecule has 27 heavy (non-hydrogen) atoms. The Hall–Kier alpha value is -1.73. The predicted octanol–water partition coefficient (Wildman–Crippen LogP) is 3.03. The van der Waals surface area contributed by atoms with E-state index < -0.39 is 17.7 Å². The van der Waals surface area contributed by atoms with Crippen LogP contribution < -0.4 is 5.32 Å². The fraction of sp³-hybridized carbons (Fsp3) is 0.650. The van der Waals surface area contributed by atoms with E-state index in [1.54, 1.807) is 4.90 Å². The number of piperidine rings is 1. The summed E-state index contributed by atoms with van der Waals surface area (Å²) >= 11 is 0. The van der Waals surface area contributed by atoms with E-state index in [9.17, 15) is 8.78 Å². The lowest BCUT2D eigenvalue weighted by Gasteiger charge is -2.34. The predicted molar refractivity (Wildman–Crippen MR) is 105 cm³/mol. The van der Waals surface area contributed by atoms with Crippen molar-refractivity contribution in [3.63, 3.8) is 0 Å². The maximum Gasteiger partial charge on any atom is 0.193 e. The maximum absolute atomic E-state index is 14.2. The summed E-state index contributed by atoms with van der Waals surface area (Å²) in [6, 6.07) is 3.50. The smallest absolute Gasteiger partial charge is 0.193 e. The van der Waals surface area contributed by atoms with E-state index in [2.05, 4.69) is 10.2 Å². The zero-order valence-electron chi connectivity index (χ0n) is 16.8. The second-order valence-corrected chi connectivity index (χ2v) is 6.95. The zero-order valence-corrected chi connectivity index (χ0v) is 16.8. The molecule has 0 bridgehead atoms. The van der Waals surface area contributed by atoms with Gasteiger partial charge >= 0.3 is 0 Å².